The lowest BCUT2D eigenvalue weighted by Gasteiger charge is -2.21. The molecule has 2 aromatic carbocycles. The van der Waals surface area contributed by atoms with Crippen LogP contribution in [0.15, 0.2) is 58.7 Å². The Hall–Kier alpha value is -3.00. The number of nitrogens with zero attached hydrogens (tertiary/aromatic N) is 2. The van der Waals surface area contributed by atoms with Crippen LogP contribution in [-0.4, -0.2) is 34.7 Å². The van der Waals surface area contributed by atoms with E-state index in [1.165, 1.54) is 24.3 Å². The lowest BCUT2D eigenvalue weighted by atomic mass is 10.1. The van der Waals surface area contributed by atoms with Gasteiger partial charge in [-0.25, -0.2) is 0 Å². The first-order chi connectivity index (χ1) is 13.3. The predicted molar refractivity (Wildman–Crippen MR) is 111 cm³/mol. The third-order valence-corrected chi connectivity index (χ3v) is 4.50. The Kier molecular flexibility index (Phi) is 7.45. The van der Waals surface area contributed by atoms with E-state index in [0.717, 1.165) is 4.47 Å². The van der Waals surface area contributed by atoms with Crippen molar-refractivity contribution in [2.24, 2.45) is 0 Å². The number of nitro groups is 1. The Morgan fingerprint density at radius 1 is 1.14 bits per heavy atom. The van der Waals surface area contributed by atoms with Gasteiger partial charge in [-0.05, 0) is 43.7 Å². The summed E-state index contributed by atoms with van der Waals surface area (Å²) in [5.74, 6) is -0.807. The van der Waals surface area contributed by atoms with Gasteiger partial charge in [0.1, 0.15) is 5.70 Å². The highest BCUT2D eigenvalue weighted by Crippen LogP contribution is 2.17. The van der Waals surface area contributed by atoms with Crippen LogP contribution < -0.4 is 5.32 Å². The summed E-state index contributed by atoms with van der Waals surface area (Å²) >= 11 is 3.31. The number of carbonyl (C=O) groups is 2. The number of non-ortho nitro benzene ring substituents is 1. The van der Waals surface area contributed by atoms with Crippen LogP contribution in [0.5, 0.6) is 0 Å². The minimum atomic E-state index is -0.511. The predicted octanol–water partition coefficient (Wildman–Crippen LogP) is 4.00. The van der Waals surface area contributed by atoms with Crippen molar-refractivity contribution < 1.29 is 14.5 Å². The van der Waals surface area contributed by atoms with Gasteiger partial charge in [0.15, 0.2) is 0 Å². The second kappa shape index (κ2) is 9.80. The van der Waals surface area contributed by atoms with E-state index in [-0.39, 0.29) is 17.3 Å². The Bertz CT molecular complexity index is 923. The molecule has 0 aliphatic carbocycles. The summed E-state index contributed by atoms with van der Waals surface area (Å²) < 4.78 is 0.736. The normalized spacial score (nSPS) is 11.0. The largest absolute Gasteiger partial charge is 0.338 e. The lowest BCUT2D eigenvalue weighted by Crippen LogP contribution is -2.38. The number of benzene rings is 2. The van der Waals surface area contributed by atoms with Crippen molar-refractivity contribution in [3.8, 4) is 0 Å². The zero-order valence-corrected chi connectivity index (χ0v) is 17.1. The van der Waals surface area contributed by atoms with Crippen LogP contribution in [0, 0.1) is 10.1 Å². The highest BCUT2D eigenvalue weighted by atomic mass is 79.9. The summed E-state index contributed by atoms with van der Waals surface area (Å²) in [6, 6.07) is 12.7. The Morgan fingerprint density at radius 3 is 2.43 bits per heavy atom. The fourth-order valence-corrected chi connectivity index (χ4v) is 2.95. The fourth-order valence-electron chi connectivity index (χ4n) is 2.55. The maximum atomic E-state index is 12.9. The van der Waals surface area contributed by atoms with Gasteiger partial charge in [-0.15, -0.1) is 0 Å². The van der Waals surface area contributed by atoms with Crippen LogP contribution in [-0.2, 0) is 4.79 Å². The van der Waals surface area contributed by atoms with Gasteiger partial charge in [0.25, 0.3) is 17.5 Å². The van der Waals surface area contributed by atoms with Crippen molar-refractivity contribution in [1.29, 1.82) is 0 Å². The number of halogens is 1. The summed E-state index contributed by atoms with van der Waals surface area (Å²) in [6.45, 7) is 4.60. The Morgan fingerprint density at radius 2 is 1.82 bits per heavy atom. The zero-order valence-electron chi connectivity index (χ0n) is 15.5. The van der Waals surface area contributed by atoms with Gasteiger partial charge in [0, 0.05) is 35.3 Å². The highest BCUT2D eigenvalue weighted by Gasteiger charge is 2.19. The van der Waals surface area contributed by atoms with Gasteiger partial charge < -0.3 is 10.2 Å². The number of nitrogens with one attached hydrogen (secondary N) is 1. The van der Waals surface area contributed by atoms with Crippen LogP contribution >= 0.6 is 15.9 Å². The van der Waals surface area contributed by atoms with Crippen molar-refractivity contribution >= 4 is 39.5 Å². The summed E-state index contributed by atoms with van der Waals surface area (Å²) in [5.41, 5.74) is 0.779. The Balaban J connectivity index is 2.42. The van der Waals surface area contributed by atoms with E-state index in [2.05, 4.69) is 21.2 Å². The van der Waals surface area contributed by atoms with Crippen molar-refractivity contribution in [1.82, 2.24) is 10.2 Å². The van der Waals surface area contributed by atoms with Crippen LogP contribution in [0.1, 0.15) is 29.8 Å². The molecule has 0 aliphatic rings. The standard InChI is InChI=1S/C20H20BrN3O4/c1-3-23(4-2)20(26)18(12-14-7-5-10-17(11-14)24(27)28)22-19(25)15-8-6-9-16(21)13-15/h5-13H,3-4H2,1-2H3,(H,22,25)/b18-12-. The second-order valence-electron chi connectivity index (χ2n) is 5.85. The summed E-state index contributed by atoms with van der Waals surface area (Å²) in [7, 11) is 0. The number of hydrogen-bond acceptors (Lipinski definition) is 4. The third-order valence-electron chi connectivity index (χ3n) is 4.01. The first-order valence-electron chi connectivity index (χ1n) is 8.68. The van der Waals surface area contributed by atoms with E-state index in [0.29, 0.717) is 24.2 Å². The quantitative estimate of drug-likeness (QED) is 0.396. The van der Waals surface area contributed by atoms with Gasteiger partial charge >= 0.3 is 0 Å². The maximum absolute atomic E-state index is 12.9. The average molecular weight is 446 g/mol. The molecule has 0 bridgehead atoms. The van der Waals surface area contributed by atoms with E-state index in [4.69, 9.17) is 0 Å². The van der Waals surface area contributed by atoms with E-state index in [1.807, 2.05) is 13.8 Å². The molecule has 0 heterocycles. The molecule has 2 rings (SSSR count). The Labute approximate surface area is 171 Å². The molecule has 0 saturated heterocycles. The van der Waals surface area contributed by atoms with E-state index in [9.17, 15) is 19.7 Å². The molecule has 1 N–H and O–H groups in total. The van der Waals surface area contributed by atoms with E-state index >= 15 is 0 Å². The number of carbonyl (C=O) groups excluding carboxylic acids is 2. The van der Waals surface area contributed by atoms with Crippen LogP contribution in [0.25, 0.3) is 6.08 Å². The number of amides is 2. The van der Waals surface area contributed by atoms with Crippen molar-refractivity contribution in [2.75, 3.05) is 13.1 Å². The monoisotopic (exact) mass is 445 g/mol. The number of hydrogen-bond donors (Lipinski definition) is 1. The molecule has 0 aliphatic heterocycles. The highest BCUT2D eigenvalue weighted by molar-refractivity contribution is 9.10. The number of nitro benzene ring substituents is 1. The van der Waals surface area contributed by atoms with E-state index in [1.54, 1.807) is 35.2 Å². The van der Waals surface area contributed by atoms with Crippen LogP contribution in [0.2, 0.25) is 0 Å². The molecule has 0 fully saturated rings. The van der Waals surface area contributed by atoms with Gasteiger partial charge in [0.2, 0.25) is 0 Å². The molecule has 2 amide bonds. The van der Waals surface area contributed by atoms with Crippen LogP contribution in [0.3, 0.4) is 0 Å². The molecular formula is C20H20BrN3O4. The summed E-state index contributed by atoms with van der Waals surface area (Å²) in [5, 5.41) is 13.7. The zero-order chi connectivity index (χ0) is 20.7. The van der Waals surface area contributed by atoms with Gasteiger partial charge in [-0.3, -0.25) is 19.7 Å². The van der Waals surface area contributed by atoms with E-state index < -0.39 is 10.8 Å². The molecule has 7 nitrogen and oxygen atoms in total. The lowest BCUT2D eigenvalue weighted by molar-refractivity contribution is -0.384. The first kappa shape index (κ1) is 21.3. The van der Waals surface area contributed by atoms with Gasteiger partial charge in [-0.1, -0.05) is 34.1 Å². The molecule has 0 spiro atoms. The van der Waals surface area contributed by atoms with Crippen molar-refractivity contribution in [3.63, 3.8) is 0 Å². The molecule has 0 atom stereocenters. The van der Waals surface area contributed by atoms with Crippen molar-refractivity contribution in [3.05, 3.63) is 79.9 Å². The number of likely N-dealkylation sites (N-methyl/N-ethyl adjacent to an activating group) is 1. The number of rotatable bonds is 7. The van der Waals surface area contributed by atoms with Gasteiger partial charge in [-0.2, -0.15) is 0 Å². The second-order valence-corrected chi connectivity index (χ2v) is 6.77. The molecule has 28 heavy (non-hydrogen) atoms. The topological polar surface area (TPSA) is 92.6 Å². The SMILES string of the molecule is CCN(CC)C(=O)/C(=C/c1cccc([N+](=O)[O-])c1)NC(=O)c1cccc(Br)c1. The molecule has 146 valence electrons. The molecule has 0 saturated carbocycles. The molecule has 0 radical (unpaired) electrons. The molecule has 0 aromatic heterocycles. The molecule has 2 aromatic rings. The minimum Gasteiger partial charge on any atom is -0.338 e. The molecule has 0 unspecified atom stereocenters. The smallest absolute Gasteiger partial charge is 0.270 e. The first-order valence-corrected chi connectivity index (χ1v) is 9.47. The minimum absolute atomic E-state index is 0.0502. The molecular weight excluding hydrogens is 426 g/mol. The van der Waals surface area contributed by atoms with Gasteiger partial charge in [0.05, 0.1) is 4.92 Å². The maximum Gasteiger partial charge on any atom is 0.270 e. The van der Waals surface area contributed by atoms with Crippen LogP contribution in [0.4, 0.5) is 5.69 Å². The fraction of sp³-hybridized carbons (Fsp3) is 0.200. The summed E-state index contributed by atoms with van der Waals surface area (Å²) in [6.07, 6.45) is 1.45. The third kappa shape index (κ3) is 5.50. The average Bonchev–Trinajstić information content (AvgIpc) is 2.68. The molecule has 8 heteroatoms. The summed E-state index contributed by atoms with van der Waals surface area (Å²) in [4.78, 5) is 37.5. The van der Waals surface area contributed by atoms with Crippen molar-refractivity contribution in [2.45, 2.75) is 13.8 Å².